The first-order chi connectivity index (χ1) is 12.2. The van der Waals surface area contributed by atoms with E-state index < -0.39 is 26.3 Å². The lowest BCUT2D eigenvalue weighted by atomic mass is 10.1. The highest BCUT2D eigenvalue weighted by Crippen LogP contribution is 2.39. The molecule has 0 heterocycles. The molecule has 0 aliphatic heterocycles. The second-order valence-corrected chi connectivity index (χ2v) is 7.65. The zero-order valence-electron chi connectivity index (χ0n) is 14.0. The van der Waals surface area contributed by atoms with Gasteiger partial charge in [-0.2, -0.15) is 0 Å². The predicted octanol–water partition coefficient (Wildman–Crippen LogP) is 1.22. The van der Waals surface area contributed by atoms with Crippen LogP contribution < -0.4 is 15.2 Å². The molecule has 0 atom stereocenters. The monoisotopic (exact) mass is 383 g/mol. The fourth-order valence-corrected chi connectivity index (χ4v) is 2.70. The Bertz CT molecular complexity index is 739. The molecule has 142 valence electrons. The maximum atomic E-state index is 11.0. The number of nitrogens with two attached hydrogens (primary N) is 1. The average Bonchev–Trinajstić information content (AvgIpc) is 2.61. The quantitative estimate of drug-likeness (QED) is 0.407. The van der Waals surface area contributed by atoms with Gasteiger partial charge in [-0.15, -0.1) is 0 Å². The second kappa shape index (κ2) is 8.64. The largest absolute Gasteiger partial charge is 0.491 e. The number of aliphatic hydroxyl groups excluding tert-OH is 2. The summed E-state index contributed by atoms with van der Waals surface area (Å²) in [5, 5.41) is 18.3. The van der Waals surface area contributed by atoms with E-state index in [2.05, 4.69) is 0 Å². The Kier molecular flexibility index (Phi) is 6.77. The fraction of sp³-hybridized carbons (Fsp3) is 0.294. The summed E-state index contributed by atoms with van der Waals surface area (Å²) in [6.45, 7) is -0.841. The molecule has 26 heavy (non-hydrogen) atoms. The van der Waals surface area contributed by atoms with Crippen molar-refractivity contribution >= 4 is 7.60 Å². The molecule has 2 rings (SSSR count). The molecule has 0 unspecified atom stereocenters. The van der Waals surface area contributed by atoms with Gasteiger partial charge in [-0.1, -0.05) is 12.1 Å². The van der Waals surface area contributed by atoms with Crippen LogP contribution in [-0.4, -0.2) is 45.4 Å². The van der Waals surface area contributed by atoms with E-state index in [0.29, 0.717) is 22.8 Å². The average molecular weight is 383 g/mol. The van der Waals surface area contributed by atoms with Gasteiger partial charge in [0, 0.05) is 0 Å². The Morgan fingerprint density at radius 1 is 0.885 bits per heavy atom. The van der Waals surface area contributed by atoms with Crippen molar-refractivity contribution in [2.24, 2.45) is 5.73 Å². The maximum Gasteiger partial charge on any atom is 0.329 e. The zero-order valence-corrected chi connectivity index (χ0v) is 14.9. The third kappa shape index (κ3) is 6.42. The van der Waals surface area contributed by atoms with Crippen molar-refractivity contribution in [3.05, 3.63) is 54.1 Å². The highest BCUT2D eigenvalue weighted by atomic mass is 31.2. The lowest BCUT2D eigenvalue weighted by Gasteiger charge is -2.24. The SMILES string of the molecule is NC(CO)(CO)COc1ccc(Oc2ccc(CP(=O)(O)O)cc2)cc1. The number of hydrogen-bond acceptors (Lipinski definition) is 6. The Balaban J connectivity index is 1.93. The van der Waals surface area contributed by atoms with Crippen LogP contribution in [0.1, 0.15) is 5.56 Å². The molecular weight excluding hydrogens is 361 g/mol. The van der Waals surface area contributed by atoms with Crippen LogP contribution in [0.2, 0.25) is 0 Å². The number of rotatable bonds is 9. The molecule has 0 aliphatic carbocycles. The smallest absolute Gasteiger partial charge is 0.329 e. The number of benzene rings is 2. The van der Waals surface area contributed by atoms with E-state index in [1.165, 1.54) is 0 Å². The van der Waals surface area contributed by atoms with E-state index in [0.717, 1.165) is 0 Å². The van der Waals surface area contributed by atoms with Crippen LogP contribution in [0.4, 0.5) is 0 Å². The minimum atomic E-state index is -4.09. The lowest BCUT2D eigenvalue weighted by molar-refractivity contribution is 0.0785. The zero-order chi connectivity index (χ0) is 19.2. The molecule has 0 bridgehead atoms. The molecule has 2 aromatic carbocycles. The summed E-state index contributed by atoms with van der Waals surface area (Å²) < 4.78 is 22.1. The van der Waals surface area contributed by atoms with Gasteiger partial charge in [-0.3, -0.25) is 4.57 Å². The van der Waals surface area contributed by atoms with Gasteiger partial charge in [0.1, 0.15) is 23.9 Å². The molecule has 8 nitrogen and oxygen atoms in total. The summed E-state index contributed by atoms with van der Waals surface area (Å²) in [5.74, 6) is 1.57. The standard InChI is InChI=1S/C17H22NO7P/c18-17(10-19,11-20)12-24-14-5-7-16(8-6-14)25-15-3-1-13(2-4-15)9-26(21,22)23/h1-8,19-20H,9-12,18H2,(H2,21,22,23). The third-order valence-corrected chi connectivity index (χ3v) is 4.30. The van der Waals surface area contributed by atoms with E-state index in [1.54, 1.807) is 48.5 Å². The second-order valence-electron chi connectivity index (χ2n) is 6.01. The summed E-state index contributed by atoms with van der Waals surface area (Å²) in [4.78, 5) is 17.9. The van der Waals surface area contributed by atoms with Crippen molar-refractivity contribution in [3.8, 4) is 17.2 Å². The molecule has 9 heteroatoms. The molecule has 0 saturated carbocycles. The van der Waals surface area contributed by atoms with Crippen LogP contribution in [0.3, 0.4) is 0 Å². The van der Waals surface area contributed by atoms with Crippen molar-refractivity contribution in [1.29, 1.82) is 0 Å². The van der Waals surface area contributed by atoms with Crippen LogP contribution in [-0.2, 0) is 10.7 Å². The normalized spacial score (nSPS) is 12.0. The van der Waals surface area contributed by atoms with Crippen LogP contribution in [0.5, 0.6) is 17.2 Å². The Morgan fingerprint density at radius 2 is 1.35 bits per heavy atom. The van der Waals surface area contributed by atoms with Gasteiger partial charge in [0.2, 0.25) is 0 Å². The first-order valence-electron chi connectivity index (χ1n) is 7.78. The van der Waals surface area contributed by atoms with Gasteiger partial charge in [0.25, 0.3) is 0 Å². The van der Waals surface area contributed by atoms with E-state index in [4.69, 9.17) is 35.2 Å². The highest BCUT2D eigenvalue weighted by molar-refractivity contribution is 7.50. The highest BCUT2D eigenvalue weighted by Gasteiger charge is 2.24. The minimum Gasteiger partial charge on any atom is -0.491 e. The molecule has 0 spiro atoms. The van der Waals surface area contributed by atoms with Crippen molar-refractivity contribution < 1.29 is 34.0 Å². The summed E-state index contributed by atoms with van der Waals surface area (Å²) in [5.41, 5.74) is 5.04. The molecule has 0 saturated heterocycles. The fourth-order valence-electron chi connectivity index (χ4n) is 2.01. The number of aliphatic hydroxyl groups is 2. The first-order valence-corrected chi connectivity index (χ1v) is 9.58. The minimum absolute atomic E-state index is 0.0404. The Hall–Kier alpha value is -1.93. The Labute approximate surface area is 151 Å². The van der Waals surface area contributed by atoms with E-state index in [9.17, 15) is 4.57 Å². The third-order valence-electron chi connectivity index (χ3n) is 3.53. The number of ether oxygens (including phenoxy) is 2. The molecule has 0 radical (unpaired) electrons. The van der Waals surface area contributed by atoms with Crippen molar-refractivity contribution in [1.82, 2.24) is 0 Å². The van der Waals surface area contributed by atoms with Gasteiger partial charge < -0.3 is 35.2 Å². The number of hydrogen-bond donors (Lipinski definition) is 5. The topological polar surface area (TPSA) is 142 Å². The molecular formula is C17H22NO7P. The van der Waals surface area contributed by atoms with Crippen molar-refractivity contribution in [2.45, 2.75) is 11.7 Å². The van der Waals surface area contributed by atoms with E-state index in [1.807, 2.05) is 0 Å². The molecule has 0 amide bonds. The van der Waals surface area contributed by atoms with E-state index in [-0.39, 0.29) is 12.8 Å². The molecule has 6 N–H and O–H groups in total. The van der Waals surface area contributed by atoms with Gasteiger partial charge in [0.05, 0.1) is 24.9 Å². The first kappa shape index (κ1) is 20.4. The summed E-state index contributed by atoms with van der Waals surface area (Å²) in [6.07, 6.45) is -0.316. The van der Waals surface area contributed by atoms with Gasteiger partial charge in [0.15, 0.2) is 0 Å². The van der Waals surface area contributed by atoms with Crippen molar-refractivity contribution in [2.75, 3.05) is 19.8 Å². The summed E-state index contributed by atoms with van der Waals surface area (Å²) >= 11 is 0. The lowest BCUT2D eigenvalue weighted by Crippen LogP contribution is -2.52. The van der Waals surface area contributed by atoms with Gasteiger partial charge in [-0.05, 0) is 42.0 Å². The maximum absolute atomic E-state index is 11.0. The van der Waals surface area contributed by atoms with Crippen LogP contribution >= 0.6 is 7.60 Å². The molecule has 2 aromatic rings. The summed E-state index contributed by atoms with van der Waals surface area (Å²) in [7, 11) is -4.09. The molecule has 0 aromatic heterocycles. The van der Waals surface area contributed by atoms with Gasteiger partial charge in [-0.25, -0.2) is 0 Å². The summed E-state index contributed by atoms with van der Waals surface area (Å²) in [6, 6.07) is 13.1. The van der Waals surface area contributed by atoms with Crippen LogP contribution in [0.15, 0.2) is 48.5 Å². The van der Waals surface area contributed by atoms with Gasteiger partial charge >= 0.3 is 7.60 Å². The Morgan fingerprint density at radius 3 is 1.81 bits per heavy atom. The van der Waals surface area contributed by atoms with Crippen molar-refractivity contribution in [3.63, 3.8) is 0 Å². The molecule has 0 fully saturated rings. The predicted molar refractivity (Wildman–Crippen MR) is 95.3 cm³/mol. The van der Waals surface area contributed by atoms with Crippen LogP contribution in [0, 0.1) is 0 Å². The van der Waals surface area contributed by atoms with Crippen LogP contribution in [0.25, 0.3) is 0 Å². The molecule has 0 aliphatic rings. The van der Waals surface area contributed by atoms with E-state index >= 15 is 0 Å².